The lowest BCUT2D eigenvalue weighted by Crippen LogP contribution is -2.53. The van der Waals surface area contributed by atoms with Crippen LogP contribution in [0.4, 0.5) is 0 Å². The van der Waals surface area contributed by atoms with Crippen molar-refractivity contribution in [3.05, 3.63) is 23.5 Å². The summed E-state index contributed by atoms with van der Waals surface area (Å²) in [5.74, 6) is -1.19. The molecule has 0 aliphatic carbocycles. The third kappa shape index (κ3) is 2.30. The monoisotopic (exact) mass is 224 g/mol. The lowest BCUT2D eigenvalue weighted by Gasteiger charge is -2.19. The smallest absolute Gasteiger partial charge is 0.334 e. The molecule has 1 aromatic rings. The van der Waals surface area contributed by atoms with Gasteiger partial charge in [0.2, 0.25) is 5.78 Å². The normalized spacial score (nSPS) is 14.2. The molecule has 0 amide bonds. The van der Waals surface area contributed by atoms with E-state index in [1.54, 1.807) is 19.2 Å². The summed E-state index contributed by atoms with van der Waals surface area (Å²) in [5.41, 5.74) is 5.26. The molecule has 16 heavy (non-hydrogen) atoms. The minimum Gasteiger partial charge on any atom is -0.464 e. The van der Waals surface area contributed by atoms with Crippen LogP contribution in [0.5, 0.6) is 0 Å². The van der Waals surface area contributed by atoms with Gasteiger partial charge in [-0.05, 0) is 32.4 Å². The van der Waals surface area contributed by atoms with E-state index in [1.807, 2.05) is 6.92 Å². The number of hydrogen-bond donors (Lipinski definition) is 2. The molecule has 1 heterocycles. The zero-order chi connectivity index (χ0) is 12.3. The molecule has 1 unspecified atom stereocenters. The fraction of sp³-hybridized carbons (Fsp3) is 0.455. The van der Waals surface area contributed by atoms with Crippen molar-refractivity contribution < 1.29 is 14.3 Å². The van der Waals surface area contributed by atoms with Crippen LogP contribution in [0.15, 0.2) is 12.3 Å². The molecule has 0 fully saturated rings. The molecule has 1 rings (SSSR count). The molecule has 0 saturated carbocycles. The quantitative estimate of drug-likeness (QED) is 0.449. The van der Waals surface area contributed by atoms with E-state index in [2.05, 4.69) is 4.98 Å². The standard InChI is InChI=1S/C11H16N2O3/c1-4-16-10(15)11(3,12)9(14)8-5-7(2)6-13-8/h5-6,13H,4,12H2,1-3H3. The van der Waals surface area contributed by atoms with Crippen molar-refractivity contribution in [1.29, 1.82) is 0 Å². The number of nitrogens with one attached hydrogen (secondary N) is 1. The van der Waals surface area contributed by atoms with Gasteiger partial charge in [-0.25, -0.2) is 4.79 Å². The molecule has 0 spiro atoms. The van der Waals surface area contributed by atoms with Crippen LogP contribution in [0.1, 0.15) is 29.9 Å². The van der Waals surface area contributed by atoms with Crippen molar-refractivity contribution in [3.8, 4) is 0 Å². The van der Waals surface area contributed by atoms with E-state index >= 15 is 0 Å². The van der Waals surface area contributed by atoms with E-state index in [9.17, 15) is 9.59 Å². The van der Waals surface area contributed by atoms with Crippen LogP contribution >= 0.6 is 0 Å². The molecule has 5 heteroatoms. The highest BCUT2D eigenvalue weighted by Crippen LogP contribution is 2.13. The summed E-state index contributed by atoms with van der Waals surface area (Å²) < 4.78 is 4.76. The van der Waals surface area contributed by atoms with Gasteiger partial charge in [0.15, 0.2) is 5.54 Å². The van der Waals surface area contributed by atoms with Crippen LogP contribution < -0.4 is 5.73 Å². The molecule has 1 atom stereocenters. The van der Waals surface area contributed by atoms with E-state index in [4.69, 9.17) is 10.5 Å². The number of H-pyrrole nitrogens is 1. The van der Waals surface area contributed by atoms with Gasteiger partial charge in [0.05, 0.1) is 12.3 Å². The number of ether oxygens (including phenoxy) is 1. The molecule has 0 radical (unpaired) electrons. The van der Waals surface area contributed by atoms with Crippen molar-refractivity contribution in [2.24, 2.45) is 5.73 Å². The largest absolute Gasteiger partial charge is 0.464 e. The van der Waals surface area contributed by atoms with Crippen molar-refractivity contribution >= 4 is 11.8 Å². The Hall–Kier alpha value is -1.62. The van der Waals surface area contributed by atoms with Crippen LogP contribution in [0.3, 0.4) is 0 Å². The third-order valence-electron chi connectivity index (χ3n) is 2.24. The Morgan fingerprint density at radius 2 is 2.19 bits per heavy atom. The fourth-order valence-corrected chi connectivity index (χ4v) is 1.29. The molecule has 1 aromatic heterocycles. The maximum atomic E-state index is 11.9. The highest BCUT2D eigenvalue weighted by Gasteiger charge is 2.39. The number of esters is 1. The number of Topliss-reactive ketones (excluding diaryl/α,β-unsaturated/α-hetero) is 1. The predicted molar refractivity (Wildman–Crippen MR) is 59.1 cm³/mol. The minimum atomic E-state index is -1.65. The van der Waals surface area contributed by atoms with Crippen molar-refractivity contribution in [2.45, 2.75) is 26.3 Å². The van der Waals surface area contributed by atoms with Crippen molar-refractivity contribution in [3.63, 3.8) is 0 Å². The maximum absolute atomic E-state index is 11.9. The first-order valence-corrected chi connectivity index (χ1v) is 5.05. The molecule has 88 valence electrons. The van der Waals surface area contributed by atoms with E-state index in [0.717, 1.165) is 5.56 Å². The highest BCUT2D eigenvalue weighted by atomic mass is 16.5. The fourth-order valence-electron chi connectivity index (χ4n) is 1.29. The Labute approximate surface area is 94.0 Å². The summed E-state index contributed by atoms with van der Waals surface area (Å²) in [4.78, 5) is 26.2. The Morgan fingerprint density at radius 1 is 1.56 bits per heavy atom. The topological polar surface area (TPSA) is 85.2 Å². The Kier molecular flexibility index (Phi) is 3.49. The Morgan fingerprint density at radius 3 is 2.62 bits per heavy atom. The number of hydrogen-bond acceptors (Lipinski definition) is 4. The van der Waals surface area contributed by atoms with Crippen LogP contribution in [0, 0.1) is 6.92 Å². The zero-order valence-corrected chi connectivity index (χ0v) is 9.66. The predicted octanol–water partition coefficient (Wildman–Crippen LogP) is 0.786. The van der Waals surface area contributed by atoms with Crippen molar-refractivity contribution in [1.82, 2.24) is 4.98 Å². The lowest BCUT2D eigenvalue weighted by molar-refractivity contribution is -0.146. The number of aromatic amines is 1. The van der Waals surface area contributed by atoms with E-state index in [0.29, 0.717) is 5.69 Å². The molecular weight excluding hydrogens is 208 g/mol. The summed E-state index contributed by atoms with van der Waals surface area (Å²) in [6.07, 6.45) is 1.68. The van der Waals surface area contributed by atoms with Gasteiger partial charge in [0.1, 0.15) is 0 Å². The van der Waals surface area contributed by atoms with Crippen LogP contribution in [-0.2, 0) is 9.53 Å². The molecule has 0 aromatic carbocycles. The SMILES string of the molecule is CCOC(=O)C(C)(N)C(=O)c1cc(C)c[nH]1. The van der Waals surface area contributed by atoms with Gasteiger partial charge in [0, 0.05) is 6.20 Å². The summed E-state index contributed by atoms with van der Waals surface area (Å²) in [6, 6.07) is 1.65. The maximum Gasteiger partial charge on any atom is 0.334 e. The summed E-state index contributed by atoms with van der Waals surface area (Å²) in [5, 5.41) is 0. The summed E-state index contributed by atoms with van der Waals surface area (Å²) in [7, 11) is 0. The summed E-state index contributed by atoms with van der Waals surface area (Å²) >= 11 is 0. The molecular formula is C11H16N2O3. The molecule has 0 aliphatic heterocycles. The average Bonchev–Trinajstić information content (AvgIpc) is 2.64. The van der Waals surface area contributed by atoms with Gasteiger partial charge in [-0.2, -0.15) is 0 Å². The van der Waals surface area contributed by atoms with Gasteiger partial charge in [0.25, 0.3) is 0 Å². The molecule has 0 saturated heterocycles. The lowest BCUT2D eigenvalue weighted by atomic mass is 9.95. The minimum absolute atomic E-state index is 0.197. The molecule has 0 aliphatic rings. The molecule has 5 nitrogen and oxygen atoms in total. The van der Waals surface area contributed by atoms with Gasteiger partial charge < -0.3 is 15.5 Å². The number of carbonyl (C=O) groups is 2. The molecule has 0 bridgehead atoms. The first kappa shape index (κ1) is 12.4. The number of rotatable bonds is 4. The van der Waals surface area contributed by atoms with Crippen LogP contribution in [0.25, 0.3) is 0 Å². The van der Waals surface area contributed by atoms with Gasteiger partial charge in [-0.15, -0.1) is 0 Å². The number of nitrogens with two attached hydrogens (primary N) is 1. The highest BCUT2D eigenvalue weighted by molar-refractivity contribution is 6.15. The summed E-state index contributed by atoms with van der Waals surface area (Å²) in [6.45, 7) is 5.05. The average molecular weight is 224 g/mol. The first-order valence-electron chi connectivity index (χ1n) is 5.05. The first-order chi connectivity index (χ1) is 7.39. The second-order valence-electron chi connectivity index (χ2n) is 3.84. The molecule has 3 N–H and O–H groups in total. The van der Waals surface area contributed by atoms with E-state index in [-0.39, 0.29) is 6.61 Å². The third-order valence-corrected chi connectivity index (χ3v) is 2.24. The van der Waals surface area contributed by atoms with Crippen molar-refractivity contribution in [2.75, 3.05) is 6.61 Å². The number of aryl methyl sites for hydroxylation is 1. The second kappa shape index (κ2) is 4.49. The van der Waals surface area contributed by atoms with Crippen LogP contribution in [0.2, 0.25) is 0 Å². The van der Waals surface area contributed by atoms with Gasteiger partial charge in [-0.3, -0.25) is 4.79 Å². The van der Waals surface area contributed by atoms with Gasteiger partial charge in [-0.1, -0.05) is 0 Å². The number of aromatic nitrogens is 1. The zero-order valence-electron chi connectivity index (χ0n) is 9.66. The second-order valence-corrected chi connectivity index (χ2v) is 3.84. The number of ketones is 1. The Bertz CT molecular complexity index is 407. The van der Waals surface area contributed by atoms with E-state index in [1.165, 1.54) is 6.92 Å². The van der Waals surface area contributed by atoms with Gasteiger partial charge >= 0.3 is 5.97 Å². The Balaban J connectivity index is 2.91. The van der Waals surface area contributed by atoms with Crippen LogP contribution in [-0.4, -0.2) is 28.9 Å². The van der Waals surface area contributed by atoms with E-state index < -0.39 is 17.3 Å². The number of carbonyl (C=O) groups excluding carboxylic acids is 2.